The van der Waals surface area contributed by atoms with Crippen LogP contribution in [0.5, 0.6) is 0 Å². The van der Waals surface area contributed by atoms with Gasteiger partial charge in [0.1, 0.15) is 0 Å². The van der Waals surface area contributed by atoms with Gasteiger partial charge in [-0.3, -0.25) is 4.79 Å². The zero-order valence-electron chi connectivity index (χ0n) is 8.47. The molecule has 2 N–H and O–H groups in total. The Morgan fingerprint density at radius 1 is 1.67 bits per heavy atom. The molecule has 0 aromatic heterocycles. The molecule has 0 aromatic rings. The summed E-state index contributed by atoms with van der Waals surface area (Å²) in [5.74, 6) is -0.572. The van der Waals surface area contributed by atoms with E-state index < -0.39 is 5.60 Å². The lowest BCUT2D eigenvalue weighted by Gasteiger charge is -2.29. The van der Waals surface area contributed by atoms with Crippen molar-refractivity contribution in [1.29, 1.82) is 0 Å². The molecule has 1 aliphatic heterocycles. The van der Waals surface area contributed by atoms with Crippen molar-refractivity contribution in [1.82, 2.24) is 0 Å². The predicted octanol–water partition coefficient (Wildman–Crippen LogP) is -0.772. The van der Waals surface area contributed by atoms with Gasteiger partial charge in [0, 0.05) is 13.0 Å². The van der Waals surface area contributed by atoms with Gasteiger partial charge in [-0.1, -0.05) is 0 Å². The van der Waals surface area contributed by atoms with Crippen LogP contribution < -0.4 is 0 Å². The molecule has 0 radical (unpaired) electrons. The van der Waals surface area contributed by atoms with Crippen molar-refractivity contribution in [2.75, 3.05) is 20.3 Å². The summed E-state index contributed by atoms with van der Waals surface area (Å²) in [6.07, 6.45) is 1.68. The van der Waals surface area contributed by atoms with Crippen LogP contribution >= 0.6 is 0 Å². The van der Waals surface area contributed by atoms with E-state index in [1.165, 1.54) is 7.11 Å². The van der Waals surface area contributed by atoms with E-state index in [0.717, 1.165) is 0 Å². The highest BCUT2D eigenvalue weighted by atomic mass is 16.6. The molecule has 5 heteroatoms. The van der Waals surface area contributed by atoms with Crippen molar-refractivity contribution in [3.05, 3.63) is 11.6 Å². The SMILES string of the molecule is CO[C@@H]1C=C(CO)[C@@]2(CO)OC(=O)C[C@@H]12. The van der Waals surface area contributed by atoms with Gasteiger partial charge in [-0.25, -0.2) is 0 Å². The third-order valence-electron chi connectivity index (χ3n) is 3.26. The summed E-state index contributed by atoms with van der Waals surface area (Å²) in [4.78, 5) is 11.2. The molecule has 1 aliphatic carbocycles. The van der Waals surface area contributed by atoms with E-state index in [4.69, 9.17) is 9.47 Å². The molecule has 0 aromatic carbocycles. The molecular weight excluding hydrogens is 200 g/mol. The van der Waals surface area contributed by atoms with Crippen LogP contribution in [-0.4, -0.2) is 48.2 Å². The second-order valence-corrected chi connectivity index (χ2v) is 3.88. The van der Waals surface area contributed by atoms with Gasteiger partial charge in [0.05, 0.1) is 25.7 Å². The number of carbonyl (C=O) groups is 1. The maximum atomic E-state index is 11.2. The summed E-state index contributed by atoms with van der Waals surface area (Å²) in [6, 6.07) is 0. The molecule has 2 rings (SSSR count). The molecule has 0 spiro atoms. The summed E-state index contributed by atoms with van der Waals surface area (Å²) in [5.41, 5.74) is -0.514. The van der Waals surface area contributed by atoms with Crippen LogP contribution in [0.1, 0.15) is 6.42 Å². The van der Waals surface area contributed by atoms with Crippen LogP contribution in [0.3, 0.4) is 0 Å². The molecule has 3 atom stereocenters. The highest BCUT2D eigenvalue weighted by Gasteiger charge is 2.58. The third-order valence-corrected chi connectivity index (χ3v) is 3.26. The van der Waals surface area contributed by atoms with Crippen molar-refractivity contribution in [3.8, 4) is 0 Å². The second kappa shape index (κ2) is 3.59. The van der Waals surface area contributed by atoms with Crippen LogP contribution in [0.15, 0.2) is 11.6 Å². The van der Waals surface area contributed by atoms with E-state index in [2.05, 4.69) is 0 Å². The number of ether oxygens (including phenoxy) is 2. The molecule has 15 heavy (non-hydrogen) atoms. The van der Waals surface area contributed by atoms with Crippen molar-refractivity contribution in [2.45, 2.75) is 18.1 Å². The Morgan fingerprint density at radius 3 is 2.93 bits per heavy atom. The van der Waals surface area contributed by atoms with E-state index in [1.807, 2.05) is 0 Å². The van der Waals surface area contributed by atoms with E-state index in [1.54, 1.807) is 6.08 Å². The Morgan fingerprint density at radius 2 is 2.40 bits per heavy atom. The molecule has 0 saturated carbocycles. The summed E-state index contributed by atoms with van der Waals surface area (Å²) in [6.45, 7) is -0.542. The maximum absolute atomic E-state index is 11.2. The van der Waals surface area contributed by atoms with Crippen molar-refractivity contribution in [3.63, 3.8) is 0 Å². The van der Waals surface area contributed by atoms with Gasteiger partial charge in [0.15, 0.2) is 5.60 Å². The third kappa shape index (κ3) is 1.31. The number of aliphatic hydroxyl groups excluding tert-OH is 2. The molecule has 1 saturated heterocycles. The Hall–Kier alpha value is -0.910. The first kappa shape index (κ1) is 10.6. The van der Waals surface area contributed by atoms with Gasteiger partial charge in [0.2, 0.25) is 0 Å². The highest BCUT2D eigenvalue weighted by Crippen LogP contribution is 2.46. The van der Waals surface area contributed by atoms with Crippen molar-refractivity contribution in [2.24, 2.45) is 5.92 Å². The molecule has 1 fully saturated rings. The molecule has 0 amide bonds. The standard InChI is InChI=1S/C10H14O5/c1-14-8-2-6(4-11)10(5-12)7(8)3-9(13)15-10/h2,7-8,11-12H,3-5H2,1H3/t7-,8+,10+/m0/s1. The summed E-state index contributed by atoms with van der Waals surface area (Å²) in [7, 11) is 1.53. The highest BCUT2D eigenvalue weighted by molar-refractivity contribution is 5.75. The quantitative estimate of drug-likeness (QED) is 0.476. The first-order valence-electron chi connectivity index (χ1n) is 4.85. The Kier molecular flexibility index (Phi) is 2.54. The molecule has 84 valence electrons. The van der Waals surface area contributed by atoms with Crippen LogP contribution in [0, 0.1) is 5.92 Å². The van der Waals surface area contributed by atoms with Crippen molar-refractivity contribution < 1.29 is 24.5 Å². The fourth-order valence-corrected chi connectivity index (χ4v) is 2.48. The largest absolute Gasteiger partial charge is 0.451 e. The fraction of sp³-hybridized carbons (Fsp3) is 0.700. The number of hydrogen-bond donors (Lipinski definition) is 2. The average Bonchev–Trinajstić information content (AvgIpc) is 2.70. The zero-order chi connectivity index (χ0) is 11.1. The van der Waals surface area contributed by atoms with Crippen LogP contribution in [0.4, 0.5) is 0 Å². The number of carbonyl (C=O) groups excluding carboxylic acids is 1. The fourth-order valence-electron chi connectivity index (χ4n) is 2.48. The normalized spacial score (nSPS) is 38.9. The van der Waals surface area contributed by atoms with Gasteiger partial charge < -0.3 is 19.7 Å². The first-order valence-corrected chi connectivity index (χ1v) is 4.85. The maximum Gasteiger partial charge on any atom is 0.307 e. The predicted molar refractivity (Wildman–Crippen MR) is 50.0 cm³/mol. The van der Waals surface area contributed by atoms with Crippen LogP contribution in [0.2, 0.25) is 0 Å². The molecule has 0 unspecified atom stereocenters. The summed E-state index contributed by atoms with van der Waals surface area (Å²) < 4.78 is 10.4. The number of hydrogen-bond acceptors (Lipinski definition) is 5. The van der Waals surface area contributed by atoms with Gasteiger partial charge in [-0.15, -0.1) is 0 Å². The lowest BCUT2D eigenvalue weighted by molar-refractivity contribution is -0.149. The van der Waals surface area contributed by atoms with E-state index in [9.17, 15) is 15.0 Å². The molecule has 2 aliphatic rings. The monoisotopic (exact) mass is 214 g/mol. The second-order valence-electron chi connectivity index (χ2n) is 3.88. The average molecular weight is 214 g/mol. The number of aliphatic hydroxyl groups is 2. The number of esters is 1. The van der Waals surface area contributed by atoms with Gasteiger partial charge in [-0.05, 0) is 11.6 Å². The smallest absolute Gasteiger partial charge is 0.307 e. The van der Waals surface area contributed by atoms with E-state index >= 15 is 0 Å². The minimum absolute atomic E-state index is 0.220. The van der Waals surface area contributed by atoms with E-state index in [-0.39, 0.29) is 37.6 Å². The molecule has 5 nitrogen and oxygen atoms in total. The lowest BCUT2D eigenvalue weighted by Crippen LogP contribution is -2.42. The molecular formula is C10H14O5. The summed E-state index contributed by atoms with van der Waals surface area (Å²) >= 11 is 0. The van der Waals surface area contributed by atoms with Gasteiger partial charge in [-0.2, -0.15) is 0 Å². The van der Waals surface area contributed by atoms with Crippen LogP contribution in [0.25, 0.3) is 0 Å². The Labute approximate surface area is 87.3 Å². The number of methoxy groups -OCH3 is 1. The lowest BCUT2D eigenvalue weighted by atomic mass is 9.86. The minimum atomic E-state index is -1.05. The number of rotatable bonds is 3. The minimum Gasteiger partial charge on any atom is -0.451 e. The van der Waals surface area contributed by atoms with Gasteiger partial charge >= 0.3 is 5.97 Å². The van der Waals surface area contributed by atoms with E-state index in [0.29, 0.717) is 5.57 Å². The molecule has 1 heterocycles. The Balaban J connectivity index is 2.37. The van der Waals surface area contributed by atoms with Gasteiger partial charge in [0.25, 0.3) is 0 Å². The van der Waals surface area contributed by atoms with Crippen LogP contribution in [-0.2, 0) is 14.3 Å². The zero-order valence-corrected chi connectivity index (χ0v) is 8.47. The Bertz CT molecular complexity index is 311. The first-order chi connectivity index (χ1) is 7.17. The number of fused-ring (bicyclic) bond motifs is 1. The topological polar surface area (TPSA) is 76.0 Å². The molecule has 0 bridgehead atoms. The van der Waals surface area contributed by atoms with Crippen molar-refractivity contribution >= 4 is 5.97 Å². The summed E-state index contributed by atoms with van der Waals surface area (Å²) in [5, 5.41) is 18.6.